The van der Waals surface area contributed by atoms with Crippen molar-refractivity contribution in [3.05, 3.63) is 58.0 Å². The summed E-state index contributed by atoms with van der Waals surface area (Å²) in [6.07, 6.45) is 1.57. The Bertz CT molecular complexity index is 720. The summed E-state index contributed by atoms with van der Waals surface area (Å²) in [6.45, 7) is 4.35. The van der Waals surface area contributed by atoms with E-state index in [4.69, 9.17) is 4.74 Å². The lowest BCUT2D eigenvalue weighted by atomic mass is 10.2. The van der Waals surface area contributed by atoms with Crippen LogP contribution in [0.2, 0.25) is 0 Å². The molecule has 1 heterocycles. The topological polar surface area (TPSA) is 60.3 Å². The maximum atomic E-state index is 12.2. The normalized spacial score (nSPS) is 10.2. The highest BCUT2D eigenvalue weighted by molar-refractivity contribution is 6.04. The van der Waals surface area contributed by atoms with Crippen LogP contribution in [0.5, 0.6) is 5.75 Å². The van der Waals surface area contributed by atoms with Crippen molar-refractivity contribution in [1.82, 2.24) is 4.57 Å². The minimum Gasteiger partial charge on any atom is -0.492 e. The summed E-state index contributed by atoms with van der Waals surface area (Å²) in [5.41, 5.74) is 1.73. The van der Waals surface area contributed by atoms with Crippen LogP contribution >= 0.6 is 0 Å². The van der Waals surface area contributed by atoms with Gasteiger partial charge >= 0.3 is 0 Å². The Balaban J connectivity index is 2.26. The third-order valence-electron chi connectivity index (χ3n) is 3.05. The summed E-state index contributed by atoms with van der Waals surface area (Å²) in [4.78, 5) is 23.8. The number of amides is 1. The molecule has 0 bridgehead atoms. The van der Waals surface area contributed by atoms with Crippen LogP contribution in [0.15, 0.2) is 41.3 Å². The van der Waals surface area contributed by atoms with E-state index in [-0.39, 0.29) is 11.5 Å². The molecular formula is C16H18N2O3. The number of pyridine rings is 1. The second kappa shape index (κ2) is 6.26. The Morgan fingerprint density at radius 1 is 1.29 bits per heavy atom. The fourth-order valence-electron chi connectivity index (χ4n) is 1.89. The summed E-state index contributed by atoms with van der Waals surface area (Å²) < 4.78 is 6.93. The van der Waals surface area contributed by atoms with Gasteiger partial charge in [0.2, 0.25) is 0 Å². The van der Waals surface area contributed by atoms with Gasteiger partial charge in [0.25, 0.3) is 11.5 Å². The van der Waals surface area contributed by atoms with Crippen molar-refractivity contribution in [3.8, 4) is 5.75 Å². The van der Waals surface area contributed by atoms with Gasteiger partial charge in [-0.25, -0.2) is 0 Å². The fourth-order valence-corrected chi connectivity index (χ4v) is 1.89. The number of carbonyl (C=O) groups excluding carboxylic acids is 1. The minimum atomic E-state index is -0.336. The number of aromatic nitrogens is 1. The molecule has 5 heteroatoms. The van der Waals surface area contributed by atoms with Gasteiger partial charge in [-0.05, 0) is 37.6 Å². The first-order chi connectivity index (χ1) is 10.0. The molecule has 0 aliphatic carbocycles. The van der Waals surface area contributed by atoms with E-state index in [1.165, 1.54) is 10.6 Å². The highest BCUT2D eigenvalue weighted by Gasteiger charge is 2.11. The van der Waals surface area contributed by atoms with Crippen molar-refractivity contribution in [1.29, 1.82) is 0 Å². The molecule has 0 radical (unpaired) electrons. The van der Waals surface area contributed by atoms with Crippen LogP contribution in [0.1, 0.15) is 22.8 Å². The highest BCUT2D eigenvalue weighted by atomic mass is 16.5. The lowest BCUT2D eigenvalue weighted by Crippen LogP contribution is -2.20. The summed E-state index contributed by atoms with van der Waals surface area (Å²) in [5, 5.41) is 2.77. The predicted molar refractivity (Wildman–Crippen MR) is 82.0 cm³/mol. The van der Waals surface area contributed by atoms with Gasteiger partial charge in [0.1, 0.15) is 5.75 Å². The number of hydrogen-bond acceptors (Lipinski definition) is 3. The van der Waals surface area contributed by atoms with Crippen molar-refractivity contribution in [2.45, 2.75) is 13.8 Å². The van der Waals surface area contributed by atoms with Gasteiger partial charge in [-0.15, -0.1) is 0 Å². The van der Waals surface area contributed by atoms with Gasteiger partial charge in [-0.1, -0.05) is 6.07 Å². The van der Waals surface area contributed by atoms with Crippen molar-refractivity contribution in [2.75, 3.05) is 11.9 Å². The number of carbonyl (C=O) groups is 1. The van der Waals surface area contributed by atoms with E-state index < -0.39 is 0 Å². The average Bonchev–Trinajstić information content (AvgIpc) is 2.45. The molecule has 2 rings (SSSR count). The van der Waals surface area contributed by atoms with E-state index in [0.29, 0.717) is 23.6 Å². The molecule has 5 nitrogen and oxygen atoms in total. The van der Waals surface area contributed by atoms with E-state index in [2.05, 4.69) is 5.32 Å². The van der Waals surface area contributed by atoms with Gasteiger partial charge in [0, 0.05) is 24.9 Å². The molecule has 0 saturated carbocycles. The number of anilines is 1. The Labute approximate surface area is 123 Å². The Hall–Kier alpha value is -2.56. The first-order valence-electron chi connectivity index (χ1n) is 6.72. The number of nitrogens with zero attached hydrogens (tertiary/aromatic N) is 1. The first-order valence-corrected chi connectivity index (χ1v) is 6.72. The molecule has 0 spiro atoms. The minimum absolute atomic E-state index is 0.225. The zero-order valence-corrected chi connectivity index (χ0v) is 12.3. The summed E-state index contributed by atoms with van der Waals surface area (Å²) in [5.74, 6) is 0.284. The van der Waals surface area contributed by atoms with Crippen molar-refractivity contribution < 1.29 is 9.53 Å². The monoisotopic (exact) mass is 286 g/mol. The number of rotatable bonds is 4. The molecule has 21 heavy (non-hydrogen) atoms. The van der Waals surface area contributed by atoms with Crippen molar-refractivity contribution in [2.24, 2.45) is 7.05 Å². The SMILES string of the molecule is CCOc1cc(C)ccc1NC(=O)c1ccn(C)c(=O)c1. The van der Waals surface area contributed by atoms with Gasteiger partial charge in [-0.3, -0.25) is 9.59 Å². The number of ether oxygens (including phenoxy) is 1. The van der Waals surface area contributed by atoms with Crippen LogP contribution in [0.3, 0.4) is 0 Å². The lowest BCUT2D eigenvalue weighted by Gasteiger charge is -2.12. The van der Waals surface area contributed by atoms with E-state index >= 15 is 0 Å². The van der Waals surface area contributed by atoms with Crippen LogP contribution in [0.4, 0.5) is 5.69 Å². The van der Waals surface area contributed by atoms with Crippen molar-refractivity contribution >= 4 is 11.6 Å². The molecular weight excluding hydrogens is 268 g/mol. The molecule has 0 saturated heterocycles. The molecule has 0 fully saturated rings. The molecule has 2 aromatic rings. The van der Waals surface area contributed by atoms with E-state index in [9.17, 15) is 9.59 Å². The third-order valence-corrected chi connectivity index (χ3v) is 3.05. The molecule has 110 valence electrons. The van der Waals surface area contributed by atoms with E-state index in [1.807, 2.05) is 26.0 Å². The predicted octanol–water partition coefficient (Wildman–Crippen LogP) is 2.34. The quantitative estimate of drug-likeness (QED) is 0.938. The van der Waals surface area contributed by atoms with Crippen LogP contribution < -0.4 is 15.6 Å². The molecule has 0 atom stereocenters. The first kappa shape index (κ1) is 14.8. The zero-order chi connectivity index (χ0) is 15.4. The summed E-state index contributed by atoms with van der Waals surface area (Å²) in [7, 11) is 1.64. The van der Waals surface area contributed by atoms with E-state index in [1.54, 1.807) is 25.4 Å². The van der Waals surface area contributed by atoms with Gasteiger partial charge < -0.3 is 14.6 Å². The molecule has 0 aliphatic heterocycles. The molecule has 0 aliphatic rings. The second-order valence-electron chi connectivity index (χ2n) is 4.75. The highest BCUT2D eigenvalue weighted by Crippen LogP contribution is 2.26. The Kier molecular flexibility index (Phi) is 4.42. The molecule has 0 unspecified atom stereocenters. The van der Waals surface area contributed by atoms with Gasteiger partial charge in [0.05, 0.1) is 12.3 Å². The van der Waals surface area contributed by atoms with Crippen LogP contribution in [0.25, 0.3) is 0 Å². The second-order valence-corrected chi connectivity index (χ2v) is 4.75. The van der Waals surface area contributed by atoms with Crippen LogP contribution in [-0.2, 0) is 7.05 Å². The number of aryl methyl sites for hydroxylation is 2. The summed E-state index contributed by atoms with van der Waals surface area (Å²) in [6, 6.07) is 8.46. The molecule has 1 aromatic carbocycles. The largest absolute Gasteiger partial charge is 0.492 e. The Morgan fingerprint density at radius 3 is 2.71 bits per heavy atom. The number of hydrogen-bond donors (Lipinski definition) is 1. The summed E-state index contributed by atoms with van der Waals surface area (Å²) >= 11 is 0. The number of benzene rings is 1. The van der Waals surface area contributed by atoms with Crippen molar-refractivity contribution in [3.63, 3.8) is 0 Å². The standard InChI is InChI=1S/C16H18N2O3/c1-4-21-14-9-11(2)5-6-13(14)17-16(20)12-7-8-18(3)15(19)10-12/h5-10H,4H2,1-3H3,(H,17,20). The van der Waals surface area contributed by atoms with Gasteiger partial charge in [-0.2, -0.15) is 0 Å². The molecule has 1 N–H and O–H groups in total. The molecule has 1 amide bonds. The fraction of sp³-hybridized carbons (Fsp3) is 0.250. The van der Waals surface area contributed by atoms with Crippen LogP contribution in [0, 0.1) is 6.92 Å². The third kappa shape index (κ3) is 3.51. The average molecular weight is 286 g/mol. The number of nitrogens with one attached hydrogen (secondary N) is 1. The van der Waals surface area contributed by atoms with E-state index in [0.717, 1.165) is 5.56 Å². The lowest BCUT2D eigenvalue weighted by molar-refractivity contribution is 0.102. The van der Waals surface area contributed by atoms with Gasteiger partial charge in [0.15, 0.2) is 0 Å². The molecule has 1 aromatic heterocycles. The Morgan fingerprint density at radius 2 is 2.05 bits per heavy atom. The zero-order valence-electron chi connectivity index (χ0n) is 12.3. The maximum absolute atomic E-state index is 12.2. The maximum Gasteiger partial charge on any atom is 0.256 e. The smallest absolute Gasteiger partial charge is 0.256 e. The van der Waals surface area contributed by atoms with Crippen LogP contribution in [-0.4, -0.2) is 17.1 Å².